The van der Waals surface area contributed by atoms with E-state index in [1.807, 2.05) is 60.7 Å². The molecule has 0 saturated carbocycles. The van der Waals surface area contributed by atoms with E-state index in [0.717, 1.165) is 16.7 Å². The molecule has 1 amide bonds. The smallest absolute Gasteiger partial charge is 0.225 e. The molecule has 0 spiro atoms. The fraction of sp³-hybridized carbons (Fsp3) is 0.136. The van der Waals surface area contributed by atoms with Gasteiger partial charge in [0.15, 0.2) is 0 Å². The Balaban J connectivity index is 1.85. The molecule has 0 aliphatic carbocycles. The van der Waals surface area contributed by atoms with Crippen LogP contribution in [0.4, 0.5) is 0 Å². The Morgan fingerprint density at radius 3 is 2.32 bits per heavy atom. The second-order valence-corrected chi connectivity index (χ2v) is 6.50. The van der Waals surface area contributed by atoms with Gasteiger partial charge in [-0.15, -0.1) is 0 Å². The van der Waals surface area contributed by atoms with Crippen LogP contribution >= 0.6 is 11.6 Å². The van der Waals surface area contributed by atoms with Crippen LogP contribution in [0.2, 0.25) is 5.02 Å². The molecular weight excluding hydrogens is 330 g/mol. The minimum absolute atomic E-state index is 0.0524. The van der Waals surface area contributed by atoms with Crippen molar-refractivity contribution >= 4 is 17.5 Å². The van der Waals surface area contributed by atoms with Gasteiger partial charge in [0.05, 0.1) is 12.5 Å². The Labute approximate surface area is 153 Å². The van der Waals surface area contributed by atoms with Crippen LogP contribution in [-0.2, 0) is 11.2 Å². The summed E-state index contributed by atoms with van der Waals surface area (Å²) in [6.07, 6.45) is 0.259. The molecule has 3 heteroatoms. The van der Waals surface area contributed by atoms with Crippen molar-refractivity contribution in [2.75, 3.05) is 0 Å². The summed E-state index contributed by atoms with van der Waals surface area (Å²) in [7, 11) is 0. The summed E-state index contributed by atoms with van der Waals surface area (Å²) < 4.78 is 0. The molecule has 126 valence electrons. The summed E-state index contributed by atoms with van der Waals surface area (Å²) in [5.74, 6) is -0.0524. The molecule has 3 aromatic rings. The quantitative estimate of drug-likeness (QED) is 0.682. The highest BCUT2D eigenvalue weighted by Crippen LogP contribution is 2.23. The van der Waals surface area contributed by atoms with Gasteiger partial charge < -0.3 is 5.32 Å². The summed E-state index contributed by atoms with van der Waals surface area (Å²) in [4.78, 5) is 12.6. The fourth-order valence-corrected chi connectivity index (χ4v) is 3.08. The van der Waals surface area contributed by atoms with Crippen molar-refractivity contribution < 1.29 is 4.79 Å². The van der Waals surface area contributed by atoms with Crippen LogP contribution in [0.15, 0.2) is 78.9 Å². The molecule has 1 N–H and O–H groups in total. The van der Waals surface area contributed by atoms with E-state index in [1.54, 1.807) is 6.07 Å². The van der Waals surface area contributed by atoms with Crippen LogP contribution in [0.25, 0.3) is 0 Å². The molecular formula is C22H20ClNO. The van der Waals surface area contributed by atoms with Crippen LogP contribution in [0, 0.1) is 6.92 Å². The number of carbonyl (C=O) groups is 1. The maximum Gasteiger partial charge on any atom is 0.225 e. The predicted octanol–water partition coefficient (Wildman–Crippen LogP) is 5.10. The lowest BCUT2D eigenvalue weighted by Crippen LogP contribution is -2.30. The van der Waals surface area contributed by atoms with Gasteiger partial charge in [-0.2, -0.15) is 0 Å². The highest BCUT2D eigenvalue weighted by atomic mass is 35.5. The van der Waals surface area contributed by atoms with Crippen molar-refractivity contribution in [1.82, 2.24) is 5.32 Å². The summed E-state index contributed by atoms with van der Waals surface area (Å²) in [6, 6.07) is 25.5. The predicted molar refractivity (Wildman–Crippen MR) is 103 cm³/mol. The van der Waals surface area contributed by atoms with Gasteiger partial charge in [-0.3, -0.25) is 4.79 Å². The highest BCUT2D eigenvalue weighted by Gasteiger charge is 2.17. The lowest BCUT2D eigenvalue weighted by Gasteiger charge is -2.20. The third-order valence-corrected chi connectivity index (χ3v) is 4.49. The second-order valence-electron chi connectivity index (χ2n) is 6.09. The molecule has 0 aromatic heterocycles. The van der Waals surface area contributed by atoms with E-state index in [4.69, 9.17) is 11.6 Å². The number of nitrogens with one attached hydrogen (secondary N) is 1. The number of halogens is 1. The van der Waals surface area contributed by atoms with E-state index in [0.29, 0.717) is 5.02 Å². The molecule has 0 fully saturated rings. The Morgan fingerprint density at radius 1 is 0.920 bits per heavy atom. The van der Waals surface area contributed by atoms with Crippen molar-refractivity contribution in [3.8, 4) is 0 Å². The van der Waals surface area contributed by atoms with Gasteiger partial charge in [0, 0.05) is 5.02 Å². The summed E-state index contributed by atoms with van der Waals surface area (Å²) >= 11 is 6.18. The van der Waals surface area contributed by atoms with Crippen molar-refractivity contribution in [1.29, 1.82) is 0 Å². The fourth-order valence-electron chi connectivity index (χ4n) is 2.88. The lowest BCUT2D eigenvalue weighted by molar-refractivity contribution is -0.120. The molecule has 0 saturated heterocycles. The molecule has 1 unspecified atom stereocenters. The Hall–Kier alpha value is -2.58. The Bertz CT molecular complexity index is 861. The SMILES string of the molecule is Cc1cccc(C(NC(=O)Cc2ccccc2Cl)c2ccccc2)c1. The van der Waals surface area contributed by atoms with Crippen molar-refractivity contribution in [2.24, 2.45) is 0 Å². The average Bonchev–Trinajstić information content (AvgIpc) is 2.62. The van der Waals surface area contributed by atoms with Gasteiger partial charge in [-0.1, -0.05) is 90.0 Å². The van der Waals surface area contributed by atoms with Crippen LogP contribution in [0.1, 0.15) is 28.3 Å². The zero-order valence-electron chi connectivity index (χ0n) is 14.1. The minimum Gasteiger partial charge on any atom is -0.345 e. The van der Waals surface area contributed by atoms with E-state index in [1.165, 1.54) is 5.56 Å². The van der Waals surface area contributed by atoms with Crippen LogP contribution in [-0.4, -0.2) is 5.91 Å². The summed E-state index contributed by atoms with van der Waals surface area (Å²) in [6.45, 7) is 2.05. The monoisotopic (exact) mass is 349 g/mol. The third-order valence-electron chi connectivity index (χ3n) is 4.12. The molecule has 3 rings (SSSR count). The molecule has 2 nitrogen and oxygen atoms in total. The number of amides is 1. The standard InChI is InChI=1S/C22H20ClNO/c1-16-8-7-12-19(14-16)22(17-9-3-2-4-10-17)24-21(25)15-18-11-5-6-13-20(18)23/h2-14,22H,15H2,1H3,(H,24,25). The maximum absolute atomic E-state index is 12.6. The Kier molecular flexibility index (Phi) is 5.52. The van der Waals surface area contributed by atoms with Gasteiger partial charge in [0.2, 0.25) is 5.91 Å². The number of aryl methyl sites for hydroxylation is 1. The summed E-state index contributed by atoms with van der Waals surface area (Å²) in [5, 5.41) is 3.77. The van der Waals surface area contributed by atoms with E-state index in [9.17, 15) is 4.79 Å². The lowest BCUT2D eigenvalue weighted by atomic mass is 9.97. The molecule has 0 radical (unpaired) electrons. The van der Waals surface area contributed by atoms with Crippen molar-refractivity contribution in [3.05, 3.63) is 106 Å². The van der Waals surface area contributed by atoms with Gasteiger partial charge in [0.1, 0.15) is 0 Å². The molecule has 25 heavy (non-hydrogen) atoms. The zero-order valence-corrected chi connectivity index (χ0v) is 14.8. The molecule has 0 heterocycles. The first-order chi connectivity index (χ1) is 12.1. The minimum atomic E-state index is -0.184. The second kappa shape index (κ2) is 8.00. The van der Waals surface area contributed by atoms with Gasteiger partial charge in [-0.25, -0.2) is 0 Å². The van der Waals surface area contributed by atoms with Crippen LogP contribution < -0.4 is 5.32 Å². The first-order valence-corrected chi connectivity index (χ1v) is 8.65. The van der Waals surface area contributed by atoms with Crippen LogP contribution in [0.5, 0.6) is 0 Å². The number of carbonyl (C=O) groups excluding carboxylic acids is 1. The van der Waals surface area contributed by atoms with Gasteiger partial charge >= 0.3 is 0 Å². The molecule has 0 bridgehead atoms. The van der Waals surface area contributed by atoms with E-state index in [2.05, 4.69) is 24.4 Å². The molecule has 0 aliphatic heterocycles. The number of hydrogen-bond donors (Lipinski definition) is 1. The average molecular weight is 350 g/mol. The van der Waals surface area contributed by atoms with E-state index in [-0.39, 0.29) is 18.4 Å². The normalized spacial score (nSPS) is 11.8. The van der Waals surface area contributed by atoms with Crippen molar-refractivity contribution in [2.45, 2.75) is 19.4 Å². The van der Waals surface area contributed by atoms with E-state index < -0.39 is 0 Å². The van der Waals surface area contributed by atoms with E-state index >= 15 is 0 Å². The third kappa shape index (κ3) is 4.49. The van der Waals surface area contributed by atoms with Gasteiger partial charge in [0.25, 0.3) is 0 Å². The highest BCUT2D eigenvalue weighted by molar-refractivity contribution is 6.31. The van der Waals surface area contributed by atoms with Crippen LogP contribution in [0.3, 0.4) is 0 Å². The number of rotatable bonds is 5. The Morgan fingerprint density at radius 2 is 1.60 bits per heavy atom. The molecule has 0 aliphatic rings. The number of benzene rings is 3. The van der Waals surface area contributed by atoms with Crippen molar-refractivity contribution in [3.63, 3.8) is 0 Å². The van der Waals surface area contributed by atoms with Gasteiger partial charge in [-0.05, 0) is 29.7 Å². The zero-order chi connectivity index (χ0) is 17.6. The molecule has 3 aromatic carbocycles. The number of hydrogen-bond acceptors (Lipinski definition) is 1. The topological polar surface area (TPSA) is 29.1 Å². The maximum atomic E-state index is 12.6. The largest absolute Gasteiger partial charge is 0.345 e. The molecule has 1 atom stereocenters. The first kappa shape index (κ1) is 17.2. The first-order valence-electron chi connectivity index (χ1n) is 8.28. The summed E-state index contributed by atoms with van der Waals surface area (Å²) in [5.41, 5.74) is 4.12.